The Morgan fingerprint density at radius 2 is 1.57 bits per heavy atom. The first-order valence-electron chi connectivity index (χ1n) is 13.9. The van der Waals surface area contributed by atoms with Crippen LogP contribution < -0.4 is 4.90 Å². The molecule has 2 aliphatic rings. The molecule has 2 amide bonds. The fourth-order valence-corrected chi connectivity index (χ4v) is 6.16. The summed E-state index contributed by atoms with van der Waals surface area (Å²) in [6, 6.07) is 14.8. The molecule has 3 N–H and O–H groups in total. The third-order valence-corrected chi connectivity index (χ3v) is 8.94. The maximum Gasteiger partial charge on any atom is 0.410 e. The molecule has 0 spiro atoms. The minimum Gasteiger partial charge on any atom is -0.508 e. The molecule has 2 heterocycles. The van der Waals surface area contributed by atoms with Gasteiger partial charge in [-0.1, -0.05) is 24.3 Å². The summed E-state index contributed by atoms with van der Waals surface area (Å²) in [5, 5.41) is 21.7. The Kier molecular flexibility index (Phi) is 9.15. The average Bonchev–Trinajstić information content (AvgIpc) is 3.00. The zero-order valence-corrected chi connectivity index (χ0v) is 24.2. The molecule has 44 heavy (non-hydrogen) atoms. The van der Waals surface area contributed by atoms with Gasteiger partial charge < -0.3 is 24.7 Å². The number of phenolic OH excluding ortho intramolecular Hbond substituents is 1. The van der Waals surface area contributed by atoms with Crippen LogP contribution in [0.1, 0.15) is 41.7 Å². The molecular weight excluding hydrogens is 600 g/mol. The van der Waals surface area contributed by atoms with Crippen LogP contribution in [0.4, 0.5) is 19.3 Å². The second kappa shape index (κ2) is 12.9. The van der Waals surface area contributed by atoms with Crippen LogP contribution in [0.2, 0.25) is 0 Å². The van der Waals surface area contributed by atoms with Gasteiger partial charge in [-0.3, -0.25) is 9.35 Å². The minimum absolute atomic E-state index is 0.0367. The maximum atomic E-state index is 13.6. The van der Waals surface area contributed by atoms with Crippen molar-refractivity contribution >= 4 is 28.0 Å². The number of hydrogen-bond donors (Lipinski definition) is 3. The molecule has 11 nitrogen and oxygen atoms in total. The summed E-state index contributed by atoms with van der Waals surface area (Å²) < 4.78 is 64.8. The number of rotatable bonds is 9. The second-order valence-corrected chi connectivity index (χ2v) is 12.1. The molecule has 3 aromatic rings. The van der Waals surface area contributed by atoms with Crippen molar-refractivity contribution in [1.82, 2.24) is 9.21 Å². The van der Waals surface area contributed by atoms with E-state index in [2.05, 4.69) is 0 Å². The van der Waals surface area contributed by atoms with E-state index in [1.54, 1.807) is 12.1 Å². The standard InChI is InChI=1S/C30H31F2N3O8S/c31-21-4-2-20(3-5-21)26(36)12-11-25-28(35(29(25)38)23-8-6-22(32)7-9-23)24-10-1-19(17-27(24)37)18-43-30(39)33-13-15-34(16-14-33)44(40,41)42/h1-10,17,25-26,28,36-37H,11-16,18H2,(H,40,41,42)/t25-,26+,28-/m1/s1. The lowest BCUT2D eigenvalue weighted by molar-refractivity contribution is -0.131. The second-order valence-electron chi connectivity index (χ2n) is 10.7. The quantitative estimate of drug-likeness (QED) is 0.238. The molecule has 2 aliphatic heterocycles. The molecule has 0 aromatic heterocycles. The molecule has 0 unspecified atom stereocenters. The Morgan fingerprint density at radius 3 is 2.16 bits per heavy atom. The van der Waals surface area contributed by atoms with Gasteiger partial charge in [0.05, 0.1) is 18.1 Å². The molecule has 3 atom stereocenters. The number of amides is 2. The first-order valence-corrected chi connectivity index (χ1v) is 15.3. The van der Waals surface area contributed by atoms with Crippen LogP contribution in [-0.2, 0) is 26.4 Å². The van der Waals surface area contributed by atoms with Gasteiger partial charge >= 0.3 is 16.4 Å². The van der Waals surface area contributed by atoms with Gasteiger partial charge in [-0.2, -0.15) is 12.7 Å². The van der Waals surface area contributed by atoms with E-state index < -0.39 is 46.1 Å². The van der Waals surface area contributed by atoms with Gasteiger partial charge in [0, 0.05) is 37.4 Å². The lowest BCUT2D eigenvalue weighted by Crippen LogP contribution is -2.55. The third kappa shape index (κ3) is 6.83. The van der Waals surface area contributed by atoms with Gasteiger partial charge in [0.2, 0.25) is 5.91 Å². The molecule has 0 bridgehead atoms. The first kappa shape index (κ1) is 31.3. The number of phenols is 1. The number of carbonyl (C=O) groups excluding carboxylic acids is 2. The number of halogens is 2. The van der Waals surface area contributed by atoms with E-state index in [0.717, 1.165) is 4.31 Å². The van der Waals surface area contributed by atoms with Crippen molar-refractivity contribution in [1.29, 1.82) is 0 Å². The predicted octanol–water partition coefficient (Wildman–Crippen LogP) is 3.95. The zero-order valence-electron chi connectivity index (χ0n) is 23.4. The molecule has 0 saturated carbocycles. The highest BCUT2D eigenvalue weighted by molar-refractivity contribution is 7.83. The number of aliphatic hydroxyl groups excluding tert-OH is 1. The number of aromatic hydroxyl groups is 1. The van der Waals surface area contributed by atoms with E-state index in [1.807, 2.05) is 0 Å². The minimum atomic E-state index is -4.34. The Bertz CT molecular complexity index is 1610. The Labute approximate surface area is 252 Å². The number of piperazine rings is 1. The highest BCUT2D eigenvalue weighted by Gasteiger charge is 2.49. The summed E-state index contributed by atoms with van der Waals surface area (Å²) in [4.78, 5) is 28.6. The molecule has 5 rings (SSSR count). The Hall–Kier alpha value is -4.11. The molecule has 0 aliphatic carbocycles. The summed E-state index contributed by atoms with van der Waals surface area (Å²) in [7, 11) is -4.34. The van der Waals surface area contributed by atoms with Crippen LogP contribution in [-0.4, -0.2) is 70.6 Å². The number of carbonyl (C=O) groups is 2. The molecule has 234 valence electrons. The highest BCUT2D eigenvalue weighted by Crippen LogP contribution is 2.48. The van der Waals surface area contributed by atoms with Crippen molar-refractivity contribution < 1.29 is 46.3 Å². The summed E-state index contributed by atoms with van der Waals surface area (Å²) >= 11 is 0. The van der Waals surface area contributed by atoms with Crippen molar-refractivity contribution in [3.8, 4) is 5.75 Å². The van der Waals surface area contributed by atoms with E-state index in [9.17, 15) is 37.0 Å². The summed E-state index contributed by atoms with van der Waals surface area (Å²) in [5.41, 5.74) is 1.81. The summed E-state index contributed by atoms with van der Waals surface area (Å²) in [6.45, 7) is -0.264. The van der Waals surface area contributed by atoms with Crippen molar-refractivity contribution in [2.75, 3.05) is 31.1 Å². The number of ether oxygens (including phenoxy) is 1. The fraction of sp³-hybridized carbons (Fsp3) is 0.333. The van der Waals surface area contributed by atoms with Gasteiger partial charge in [0.25, 0.3) is 0 Å². The summed E-state index contributed by atoms with van der Waals surface area (Å²) in [6.07, 6.45) is -1.17. The SMILES string of the molecule is O=C(OCc1ccc([C@@H]2[C@@H](CC[C@H](O)c3ccc(F)cc3)C(=O)N2c2ccc(F)cc2)c(O)c1)N1CCN(S(=O)(=O)O)CC1. The third-order valence-electron chi connectivity index (χ3n) is 7.92. The largest absolute Gasteiger partial charge is 0.508 e. The normalized spacial score (nSPS) is 19.9. The molecular formula is C30H31F2N3O8S. The smallest absolute Gasteiger partial charge is 0.410 e. The van der Waals surface area contributed by atoms with Crippen molar-refractivity contribution in [3.63, 3.8) is 0 Å². The van der Waals surface area contributed by atoms with Gasteiger partial charge in [-0.15, -0.1) is 0 Å². The number of benzene rings is 3. The van der Waals surface area contributed by atoms with Crippen LogP contribution in [0.5, 0.6) is 5.75 Å². The molecule has 0 radical (unpaired) electrons. The topological polar surface area (TPSA) is 148 Å². The number of aliphatic hydroxyl groups is 1. The molecule has 3 aromatic carbocycles. The van der Waals surface area contributed by atoms with Gasteiger partial charge in [-0.25, -0.2) is 13.6 Å². The Morgan fingerprint density at radius 1 is 0.955 bits per heavy atom. The van der Waals surface area contributed by atoms with E-state index >= 15 is 0 Å². The van der Waals surface area contributed by atoms with Crippen molar-refractivity contribution in [3.05, 3.63) is 95.1 Å². The Balaban J connectivity index is 1.28. The number of nitrogens with zero attached hydrogens (tertiary/aromatic N) is 3. The van der Waals surface area contributed by atoms with E-state index in [4.69, 9.17) is 9.29 Å². The fourth-order valence-electron chi connectivity index (χ4n) is 5.53. The van der Waals surface area contributed by atoms with Crippen LogP contribution in [0.15, 0.2) is 66.7 Å². The van der Waals surface area contributed by atoms with Crippen LogP contribution in [0, 0.1) is 17.6 Å². The lowest BCUT2D eigenvalue weighted by atomic mass is 9.77. The van der Waals surface area contributed by atoms with Gasteiger partial charge in [-0.05, 0) is 66.4 Å². The number of hydrogen-bond acceptors (Lipinski definition) is 7. The maximum absolute atomic E-state index is 13.6. The average molecular weight is 632 g/mol. The van der Waals surface area contributed by atoms with E-state index in [0.29, 0.717) is 22.4 Å². The highest BCUT2D eigenvalue weighted by atomic mass is 32.2. The zero-order chi connectivity index (χ0) is 31.6. The number of anilines is 1. The van der Waals surface area contributed by atoms with Crippen molar-refractivity contribution in [2.45, 2.75) is 31.6 Å². The monoisotopic (exact) mass is 631 g/mol. The van der Waals surface area contributed by atoms with Crippen molar-refractivity contribution in [2.24, 2.45) is 5.92 Å². The van der Waals surface area contributed by atoms with Gasteiger partial charge in [0.15, 0.2) is 0 Å². The molecule has 14 heteroatoms. The van der Waals surface area contributed by atoms with E-state index in [-0.39, 0.29) is 57.3 Å². The van der Waals surface area contributed by atoms with Crippen LogP contribution >= 0.6 is 0 Å². The number of β-lactam (4-membered cyclic amide) rings is 1. The molecule has 2 fully saturated rings. The van der Waals surface area contributed by atoms with Crippen LogP contribution in [0.3, 0.4) is 0 Å². The summed E-state index contributed by atoms with van der Waals surface area (Å²) in [5.74, 6) is -1.95. The predicted molar refractivity (Wildman–Crippen MR) is 154 cm³/mol. The lowest BCUT2D eigenvalue weighted by Gasteiger charge is -2.48. The molecule has 2 saturated heterocycles. The van der Waals surface area contributed by atoms with Gasteiger partial charge in [0.1, 0.15) is 24.0 Å². The van der Waals surface area contributed by atoms with Crippen LogP contribution in [0.25, 0.3) is 0 Å². The first-order chi connectivity index (χ1) is 20.9. The van der Waals surface area contributed by atoms with E-state index in [1.165, 1.54) is 64.4 Å².